The number of hydrogen-bond donors (Lipinski definition) is 2. The number of nitro benzene ring substituents is 1. The summed E-state index contributed by atoms with van der Waals surface area (Å²) in [5.74, 6) is 1.20. The normalized spacial score (nSPS) is 13.9. The lowest BCUT2D eigenvalue weighted by Gasteiger charge is -2.20. The van der Waals surface area contributed by atoms with Gasteiger partial charge in [-0.1, -0.05) is 6.07 Å². The molecule has 0 bridgehead atoms. The molecule has 0 atom stereocenters. The van der Waals surface area contributed by atoms with Crippen molar-refractivity contribution in [1.29, 1.82) is 0 Å². The molecule has 3 N–H and O–H groups in total. The molecular weight excluding hydrogens is 198 g/mol. The highest BCUT2D eigenvalue weighted by molar-refractivity contribution is 5.73. The summed E-state index contributed by atoms with van der Waals surface area (Å²) in [4.78, 5) is 10.2. The van der Waals surface area contributed by atoms with E-state index in [9.17, 15) is 10.1 Å². The molecule has 0 spiro atoms. The third-order valence-electron chi connectivity index (χ3n) is 2.10. The fourth-order valence-electron chi connectivity index (χ4n) is 1.32. The van der Waals surface area contributed by atoms with Crippen molar-refractivity contribution in [2.24, 2.45) is 5.73 Å². The average molecular weight is 207 g/mol. The fraction of sp³-hybridized carbons (Fsp3) is 0.111. The van der Waals surface area contributed by atoms with E-state index in [0.717, 1.165) is 0 Å². The van der Waals surface area contributed by atoms with Gasteiger partial charge in [0.1, 0.15) is 11.6 Å². The standard InChI is InChI=1S/C9H9N3O3/c1-5-9(10)11-8-6(12(13)14)3-2-4-7(8)15-5/h2-4,11H,10H2,1H3. The summed E-state index contributed by atoms with van der Waals surface area (Å²) in [6, 6.07) is 4.60. The highest BCUT2D eigenvalue weighted by atomic mass is 16.6. The number of nitrogens with two attached hydrogens (primary N) is 1. The van der Waals surface area contributed by atoms with Gasteiger partial charge in [0.2, 0.25) is 0 Å². The first-order chi connectivity index (χ1) is 7.09. The molecule has 2 rings (SSSR count). The largest absolute Gasteiger partial charge is 0.456 e. The summed E-state index contributed by atoms with van der Waals surface area (Å²) in [5.41, 5.74) is 5.83. The molecule has 1 aromatic rings. The summed E-state index contributed by atoms with van der Waals surface area (Å²) in [7, 11) is 0. The van der Waals surface area contributed by atoms with Crippen LogP contribution in [0.25, 0.3) is 0 Å². The zero-order chi connectivity index (χ0) is 11.0. The first kappa shape index (κ1) is 9.32. The zero-order valence-corrected chi connectivity index (χ0v) is 7.98. The van der Waals surface area contributed by atoms with Gasteiger partial charge in [0, 0.05) is 6.07 Å². The molecule has 1 heterocycles. The van der Waals surface area contributed by atoms with Crippen LogP contribution in [0.4, 0.5) is 11.4 Å². The van der Waals surface area contributed by atoms with Crippen LogP contribution in [0.1, 0.15) is 6.92 Å². The summed E-state index contributed by atoms with van der Waals surface area (Å²) in [5, 5.41) is 13.5. The lowest BCUT2D eigenvalue weighted by atomic mass is 10.2. The van der Waals surface area contributed by atoms with Crippen molar-refractivity contribution in [2.45, 2.75) is 6.92 Å². The van der Waals surface area contributed by atoms with Crippen molar-refractivity contribution in [2.75, 3.05) is 5.32 Å². The highest BCUT2D eigenvalue weighted by Gasteiger charge is 2.23. The van der Waals surface area contributed by atoms with Crippen LogP contribution in [0.3, 0.4) is 0 Å². The molecule has 0 saturated carbocycles. The molecule has 0 unspecified atom stereocenters. The Bertz CT molecular complexity index is 468. The Labute approximate surface area is 85.5 Å². The molecule has 0 fully saturated rings. The minimum atomic E-state index is -0.483. The lowest BCUT2D eigenvalue weighted by Crippen LogP contribution is -2.19. The van der Waals surface area contributed by atoms with Crippen LogP contribution < -0.4 is 15.8 Å². The number of nitrogens with one attached hydrogen (secondary N) is 1. The molecule has 1 aliphatic rings. The molecule has 1 aliphatic heterocycles. The van der Waals surface area contributed by atoms with Gasteiger partial charge in [-0.05, 0) is 13.0 Å². The zero-order valence-electron chi connectivity index (χ0n) is 7.98. The molecule has 0 radical (unpaired) electrons. The number of hydrogen-bond acceptors (Lipinski definition) is 5. The number of fused-ring (bicyclic) bond motifs is 1. The van der Waals surface area contributed by atoms with Gasteiger partial charge in [-0.15, -0.1) is 0 Å². The van der Waals surface area contributed by atoms with Crippen molar-refractivity contribution in [1.82, 2.24) is 0 Å². The Morgan fingerprint density at radius 2 is 2.27 bits per heavy atom. The van der Waals surface area contributed by atoms with Gasteiger partial charge in [0.25, 0.3) is 5.69 Å². The van der Waals surface area contributed by atoms with Gasteiger partial charge >= 0.3 is 0 Å². The monoisotopic (exact) mass is 207 g/mol. The van der Waals surface area contributed by atoms with E-state index in [4.69, 9.17) is 10.5 Å². The number of rotatable bonds is 1. The first-order valence-corrected chi connectivity index (χ1v) is 4.28. The van der Waals surface area contributed by atoms with Gasteiger partial charge in [0.15, 0.2) is 11.4 Å². The van der Waals surface area contributed by atoms with Crippen LogP contribution >= 0.6 is 0 Å². The van der Waals surface area contributed by atoms with E-state index in [0.29, 0.717) is 17.2 Å². The van der Waals surface area contributed by atoms with Gasteiger partial charge in [0.05, 0.1) is 4.92 Å². The quantitative estimate of drug-likeness (QED) is 0.538. The van der Waals surface area contributed by atoms with E-state index in [-0.39, 0.29) is 11.5 Å². The van der Waals surface area contributed by atoms with E-state index < -0.39 is 4.92 Å². The second-order valence-electron chi connectivity index (χ2n) is 3.10. The number of ether oxygens (including phenoxy) is 1. The molecular formula is C9H9N3O3. The molecule has 78 valence electrons. The topological polar surface area (TPSA) is 90.4 Å². The highest BCUT2D eigenvalue weighted by Crippen LogP contribution is 2.38. The maximum Gasteiger partial charge on any atom is 0.296 e. The van der Waals surface area contributed by atoms with Crippen LogP contribution in [0.5, 0.6) is 5.75 Å². The average Bonchev–Trinajstić information content (AvgIpc) is 2.18. The Hall–Kier alpha value is -2.24. The Morgan fingerprint density at radius 1 is 1.53 bits per heavy atom. The maximum atomic E-state index is 10.7. The van der Waals surface area contributed by atoms with Crippen LogP contribution in [0.15, 0.2) is 29.8 Å². The van der Waals surface area contributed by atoms with Crippen molar-refractivity contribution in [3.05, 3.63) is 39.9 Å². The minimum Gasteiger partial charge on any atom is -0.456 e. The molecule has 15 heavy (non-hydrogen) atoms. The molecule has 0 aliphatic carbocycles. The van der Waals surface area contributed by atoms with Gasteiger partial charge in [-0.3, -0.25) is 10.1 Å². The van der Waals surface area contributed by atoms with Gasteiger partial charge < -0.3 is 15.8 Å². The van der Waals surface area contributed by atoms with Crippen LogP contribution in [-0.4, -0.2) is 4.92 Å². The van der Waals surface area contributed by atoms with Crippen molar-refractivity contribution < 1.29 is 9.66 Å². The van der Waals surface area contributed by atoms with Gasteiger partial charge in [-0.2, -0.15) is 0 Å². The smallest absolute Gasteiger partial charge is 0.296 e. The second-order valence-corrected chi connectivity index (χ2v) is 3.10. The summed E-state index contributed by atoms with van der Waals surface area (Å²) in [6.45, 7) is 1.68. The van der Waals surface area contributed by atoms with Crippen molar-refractivity contribution >= 4 is 11.4 Å². The molecule has 6 heteroatoms. The van der Waals surface area contributed by atoms with Crippen LogP contribution in [0.2, 0.25) is 0 Å². The summed E-state index contributed by atoms with van der Waals surface area (Å²) < 4.78 is 5.32. The minimum absolute atomic E-state index is 0.0528. The van der Waals surface area contributed by atoms with E-state index in [1.54, 1.807) is 19.1 Å². The molecule has 0 amide bonds. The van der Waals surface area contributed by atoms with E-state index in [1.807, 2.05) is 0 Å². The number of anilines is 1. The Balaban J connectivity index is 2.54. The number of nitro groups is 1. The number of para-hydroxylation sites is 1. The predicted octanol–water partition coefficient (Wildman–Crippen LogP) is 1.55. The lowest BCUT2D eigenvalue weighted by molar-refractivity contribution is -0.384. The van der Waals surface area contributed by atoms with Crippen LogP contribution in [-0.2, 0) is 0 Å². The first-order valence-electron chi connectivity index (χ1n) is 4.28. The maximum absolute atomic E-state index is 10.7. The van der Waals surface area contributed by atoms with E-state index >= 15 is 0 Å². The molecule has 0 aromatic heterocycles. The Kier molecular flexibility index (Phi) is 1.96. The fourth-order valence-corrected chi connectivity index (χ4v) is 1.32. The molecule has 0 saturated heterocycles. The number of benzene rings is 1. The SMILES string of the molecule is CC1=C(N)Nc2c(cccc2[N+](=O)[O-])O1. The third kappa shape index (κ3) is 1.45. The summed E-state index contributed by atoms with van der Waals surface area (Å²) in [6.07, 6.45) is 0. The Morgan fingerprint density at radius 3 is 2.93 bits per heavy atom. The van der Waals surface area contributed by atoms with Gasteiger partial charge in [-0.25, -0.2) is 0 Å². The van der Waals surface area contributed by atoms with E-state index in [2.05, 4.69) is 5.32 Å². The van der Waals surface area contributed by atoms with Crippen molar-refractivity contribution in [3.63, 3.8) is 0 Å². The van der Waals surface area contributed by atoms with Crippen molar-refractivity contribution in [3.8, 4) is 5.75 Å². The third-order valence-corrected chi connectivity index (χ3v) is 2.10. The molecule has 6 nitrogen and oxygen atoms in total. The summed E-state index contributed by atoms with van der Waals surface area (Å²) >= 11 is 0. The second kappa shape index (κ2) is 3.16. The van der Waals surface area contributed by atoms with Crippen LogP contribution in [0, 0.1) is 10.1 Å². The number of nitrogens with zero attached hydrogens (tertiary/aromatic N) is 1. The van der Waals surface area contributed by atoms with E-state index in [1.165, 1.54) is 6.07 Å². The predicted molar refractivity (Wildman–Crippen MR) is 54.2 cm³/mol. The number of allylic oxidation sites excluding steroid dienone is 1. The molecule has 1 aromatic carbocycles.